The Bertz CT molecular complexity index is 2300. The molecule has 2 aromatic carbocycles. The number of ether oxygens (including phenoxy) is 3. The number of rotatable bonds is 10. The number of allylic oxidation sites excluding steroid dienone is 1. The summed E-state index contributed by atoms with van der Waals surface area (Å²) in [6.45, 7) is 9.16. The van der Waals surface area contributed by atoms with Gasteiger partial charge < -0.3 is 34.9 Å². The molecule has 4 aliphatic rings. The van der Waals surface area contributed by atoms with Crippen LogP contribution in [0.15, 0.2) is 54.6 Å². The van der Waals surface area contributed by atoms with Crippen molar-refractivity contribution in [1.82, 2.24) is 30.2 Å². The van der Waals surface area contributed by atoms with Gasteiger partial charge in [-0.15, -0.1) is 0 Å². The van der Waals surface area contributed by atoms with Gasteiger partial charge in [0.05, 0.1) is 35.4 Å². The number of sulfonamides is 1. The molecule has 2 aliphatic heterocycles. The van der Waals surface area contributed by atoms with E-state index in [0.29, 0.717) is 59.5 Å². The molecule has 16 nitrogen and oxygen atoms in total. The van der Waals surface area contributed by atoms with Gasteiger partial charge in [0.25, 0.3) is 5.91 Å². The topological polar surface area (TPSA) is 215 Å². The molecule has 3 aromatic rings. The third-order valence-corrected chi connectivity index (χ3v) is 14.3. The van der Waals surface area contributed by atoms with E-state index in [1.807, 2.05) is 64.1 Å². The molecule has 0 bridgehead atoms. The molecule has 2 saturated carbocycles. The molecule has 0 unspecified atom stereocenters. The van der Waals surface area contributed by atoms with Crippen LogP contribution >= 0.6 is 0 Å². The van der Waals surface area contributed by atoms with E-state index in [1.165, 1.54) is 4.90 Å². The van der Waals surface area contributed by atoms with Crippen molar-refractivity contribution < 1.29 is 46.9 Å². The van der Waals surface area contributed by atoms with Gasteiger partial charge in [0.15, 0.2) is 5.82 Å². The van der Waals surface area contributed by atoms with Crippen LogP contribution in [-0.4, -0.2) is 100 Å². The Kier molecular flexibility index (Phi) is 11.8. The molecule has 3 heterocycles. The molecule has 1 aromatic heterocycles. The molecular weight excluding hydrogens is 793 g/mol. The van der Waals surface area contributed by atoms with Crippen LogP contribution in [-0.2, 0) is 24.4 Å². The highest BCUT2D eigenvalue weighted by atomic mass is 32.2. The summed E-state index contributed by atoms with van der Waals surface area (Å²) in [7, 11) is -2.49. The Labute approximate surface area is 349 Å². The fraction of sp³-hybridized carbons (Fsp3) is 0.535. The predicted octanol–water partition coefficient (Wildman–Crippen LogP) is 4.96. The van der Waals surface area contributed by atoms with Gasteiger partial charge in [-0.1, -0.05) is 26.0 Å². The monoisotopic (exact) mass is 846 g/mol. The Hall–Kier alpha value is -5.45. The van der Waals surface area contributed by atoms with Crippen LogP contribution in [0.3, 0.4) is 0 Å². The van der Waals surface area contributed by atoms with Crippen molar-refractivity contribution in [3.05, 3.63) is 54.6 Å². The molecule has 322 valence electrons. The minimum absolute atomic E-state index is 0.0194. The van der Waals surface area contributed by atoms with Gasteiger partial charge in [-0.05, 0) is 108 Å². The number of nitrogens with one attached hydrogen (secondary N) is 3. The molecule has 7 atom stereocenters. The first-order valence-electron chi connectivity index (χ1n) is 20.6. The molecule has 1 saturated heterocycles. The third kappa shape index (κ3) is 8.86. The number of methoxy groups -OCH3 is 1. The van der Waals surface area contributed by atoms with Gasteiger partial charge in [0, 0.05) is 24.0 Å². The van der Waals surface area contributed by atoms with Crippen LogP contribution in [0.4, 0.5) is 4.79 Å². The zero-order chi connectivity index (χ0) is 43.1. The lowest BCUT2D eigenvalue weighted by Crippen LogP contribution is -2.59. The quantitative estimate of drug-likeness (QED) is 0.199. The summed E-state index contributed by atoms with van der Waals surface area (Å²) in [4.78, 5) is 66.2. The Balaban J connectivity index is 1.24. The van der Waals surface area contributed by atoms with Crippen LogP contribution < -0.4 is 29.6 Å². The highest BCUT2D eigenvalue weighted by molar-refractivity contribution is 7.91. The van der Waals surface area contributed by atoms with Crippen LogP contribution in [0.2, 0.25) is 0 Å². The molecule has 4 N–H and O–H groups in total. The van der Waals surface area contributed by atoms with Crippen LogP contribution in [0.1, 0.15) is 79.6 Å². The Morgan fingerprint density at radius 1 is 1.03 bits per heavy atom. The van der Waals surface area contributed by atoms with E-state index >= 15 is 0 Å². The molecule has 60 heavy (non-hydrogen) atoms. The summed E-state index contributed by atoms with van der Waals surface area (Å²) in [5, 5.41) is 15.7. The standard InChI is InChI=1S/C43H54N6O10S/c1-24(2)58-29-13-11-27(12-14-29)36-44-33-20-30(57-6)15-16-32(33)38(46-36)59-31-21-34-37(50)47-43(40(52)48-60(55,56)42(5)17-18-42)22-28(43)10-8-7-9-25(3)19-26(4)35(45-41(53)54)39(51)49(34)23-31/h8,10-16,20,24-26,28,31,34-35,45H,7,9,17-19,21-23H2,1-6H3,(H,47,50)(H,48,52)(H,53,54)/b10-8-/t25-,26+,28+,31+,34-,35-,43+/m0/s1. The van der Waals surface area contributed by atoms with E-state index in [2.05, 4.69) is 15.4 Å². The largest absolute Gasteiger partial charge is 0.497 e. The van der Waals surface area contributed by atoms with Crippen molar-refractivity contribution in [2.24, 2.45) is 17.8 Å². The first-order chi connectivity index (χ1) is 28.4. The third-order valence-electron chi connectivity index (χ3n) is 12.2. The van der Waals surface area contributed by atoms with Gasteiger partial charge in [0.1, 0.15) is 35.2 Å². The van der Waals surface area contributed by atoms with Crippen LogP contribution in [0.25, 0.3) is 22.3 Å². The van der Waals surface area contributed by atoms with Crippen LogP contribution in [0, 0.1) is 17.8 Å². The number of carbonyl (C=O) groups excluding carboxylic acids is 3. The minimum Gasteiger partial charge on any atom is -0.497 e. The van der Waals surface area contributed by atoms with E-state index in [9.17, 15) is 32.7 Å². The highest BCUT2D eigenvalue weighted by Crippen LogP contribution is 2.48. The molecule has 0 radical (unpaired) electrons. The van der Waals surface area contributed by atoms with Crippen molar-refractivity contribution in [2.75, 3.05) is 13.7 Å². The second-order valence-corrected chi connectivity index (χ2v) is 19.5. The zero-order valence-electron chi connectivity index (χ0n) is 34.8. The maximum absolute atomic E-state index is 14.6. The number of hydrogen-bond donors (Lipinski definition) is 4. The van der Waals surface area contributed by atoms with Gasteiger partial charge in [-0.2, -0.15) is 4.98 Å². The summed E-state index contributed by atoms with van der Waals surface area (Å²) in [6, 6.07) is 10.1. The van der Waals surface area contributed by atoms with Gasteiger partial charge >= 0.3 is 6.09 Å². The first-order valence-corrected chi connectivity index (χ1v) is 22.0. The smallest absolute Gasteiger partial charge is 0.405 e. The van der Waals surface area contributed by atoms with Crippen LogP contribution in [0.5, 0.6) is 17.4 Å². The number of benzene rings is 2. The number of aromatic nitrogens is 2. The van der Waals surface area contributed by atoms with E-state index in [0.717, 1.165) is 6.42 Å². The van der Waals surface area contributed by atoms with Crippen molar-refractivity contribution in [2.45, 2.75) is 114 Å². The van der Waals surface area contributed by atoms with Crippen molar-refractivity contribution >= 4 is 44.7 Å². The highest BCUT2D eigenvalue weighted by Gasteiger charge is 2.63. The van der Waals surface area contributed by atoms with E-state index < -0.39 is 74.1 Å². The van der Waals surface area contributed by atoms with Crippen molar-refractivity contribution in [3.8, 4) is 28.8 Å². The van der Waals surface area contributed by atoms with Gasteiger partial charge in [-0.3, -0.25) is 19.1 Å². The maximum atomic E-state index is 14.6. The number of fused-ring (bicyclic) bond motifs is 3. The van der Waals surface area contributed by atoms with Gasteiger partial charge in [-0.25, -0.2) is 18.2 Å². The normalized spacial score (nSPS) is 28.3. The van der Waals surface area contributed by atoms with E-state index in [-0.39, 0.29) is 37.3 Å². The maximum Gasteiger partial charge on any atom is 0.405 e. The lowest BCUT2D eigenvalue weighted by molar-refractivity contribution is -0.142. The number of amides is 4. The predicted molar refractivity (Wildman–Crippen MR) is 222 cm³/mol. The molecule has 17 heteroatoms. The first kappa shape index (κ1) is 42.7. The molecule has 3 fully saturated rings. The van der Waals surface area contributed by atoms with Crippen molar-refractivity contribution in [3.63, 3.8) is 0 Å². The molecule has 7 rings (SSSR count). The second kappa shape index (κ2) is 16.5. The summed E-state index contributed by atoms with van der Waals surface area (Å²) >= 11 is 0. The molecule has 0 spiro atoms. The van der Waals surface area contributed by atoms with E-state index in [4.69, 9.17) is 24.2 Å². The molecular formula is C43H54N6O10S. The number of carboxylic acid groups (broad SMARTS) is 1. The Morgan fingerprint density at radius 3 is 2.42 bits per heavy atom. The average molecular weight is 847 g/mol. The van der Waals surface area contributed by atoms with E-state index in [1.54, 1.807) is 32.2 Å². The average Bonchev–Trinajstić information content (AvgIpc) is 4.08. The summed E-state index contributed by atoms with van der Waals surface area (Å²) in [6.07, 6.45) is 4.36. The number of hydrogen-bond acceptors (Lipinski definition) is 11. The molecule has 4 amide bonds. The Morgan fingerprint density at radius 2 is 1.75 bits per heavy atom. The fourth-order valence-electron chi connectivity index (χ4n) is 8.27. The SMILES string of the molecule is COc1ccc2c(O[C@@H]3C[C@H]4C(=O)N[C@]5(C(=O)NS(=O)(=O)C6(C)CC6)C[C@H]5/C=C\CC[C@H](C)C[C@@H](C)[C@H](NC(=O)O)C(=O)N4C3)nc(-c3ccc(OC(C)C)cc3)nc2c1. The lowest BCUT2D eigenvalue weighted by atomic mass is 9.88. The van der Waals surface area contributed by atoms with Crippen molar-refractivity contribution in [1.29, 1.82) is 0 Å². The summed E-state index contributed by atoms with van der Waals surface area (Å²) < 4.78 is 45.6. The second-order valence-electron chi connectivity index (χ2n) is 17.3. The number of carbonyl (C=O) groups is 4. The zero-order valence-corrected chi connectivity index (χ0v) is 35.6. The fourth-order valence-corrected chi connectivity index (χ4v) is 9.58. The molecule has 2 aliphatic carbocycles. The van der Waals surface area contributed by atoms with Gasteiger partial charge in [0.2, 0.25) is 27.7 Å². The summed E-state index contributed by atoms with van der Waals surface area (Å²) in [5.74, 6) is -1.22. The minimum atomic E-state index is -4.03. The lowest BCUT2D eigenvalue weighted by Gasteiger charge is -2.32. The summed E-state index contributed by atoms with van der Waals surface area (Å²) in [5.41, 5.74) is -0.387. The number of nitrogens with zero attached hydrogens (tertiary/aromatic N) is 3.